The summed E-state index contributed by atoms with van der Waals surface area (Å²) in [5, 5.41) is 8.62. The number of halogens is 2. The van der Waals surface area contributed by atoms with Crippen molar-refractivity contribution in [2.24, 2.45) is 0 Å². The zero-order valence-corrected chi connectivity index (χ0v) is 19.1. The number of nitrogen functional groups attached to an aromatic ring is 1. The van der Waals surface area contributed by atoms with Gasteiger partial charge in [-0.05, 0) is 37.6 Å². The van der Waals surface area contributed by atoms with Crippen LogP contribution in [0.3, 0.4) is 0 Å². The number of nitrogens with two attached hydrogens (primary N) is 1. The lowest BCUT2D eigenvalue weighted by molar-refractivity contribution is 0.101. The molecule has 3 N–H and O–H groups in total. The van der Waals surface area contributed by atoms with Crippen LogP contribution in [0.25, 0.3) is 22.0 Å². The van der Waals surface area contributed by atoms with Gasteiger partial charge in [-0.1, -0.05) is 29.3 Å². The number of hydrogen-bond donors (Lipinski definition) is 2. The fourth-order valence-corrected chi connectivity index (χ4v) is 4.67. The standard InChI is InChI=1S/C22H21Cl2N7O2/c1-2-7-30-8-3-4-13(11-30)31-19-14(24)10-26-20(25)17(19)18(29-31)21(32)28-22-27-15-9-12(23)5-6-16(15)33-22/h2,5-6,9-10,13H,1,3-4,7-8,11H2,(H2,25,26)(H,27,28,32)/t13-/m1/s1. The molecule has 9 nitrogen and oxygen atoms in total. The number of aromatic nitrogens is 4. The van der Waals surface area contributed by atoms with Crippen molar-refractivity contribution in [2.45, 2.75) is 18.9 Å². The lowest BCUT2D eigenvalue weighted by atomic mass is 10.1. The van der Waals surface area contributed by atoms with Gasteiger partial charge in [0.15, 0.2) is 11.3 Å². The summed E-state index contributed by atoms with van der Waals surface area (Å²) in [6, 6.07) is 5.07. The molecule has 1 amide bonds. The summed E-state index contributed by atoms with van der Waals surface area (Å²) in [6.07, 6.45) is 5.25. The second kappa shape index (κ2) is 8.66. The van der Waals surface area contributed by atoms with E-state index in [1.165, 1.54) is 6.20 Å². The minimum absolute atomic E-state index is 0.0218. The number of nitrogens with one attached hydrogen (secondary N) is 1. The minimum atomic E-state index is -0.522. The number of likely N-dealkylation sites (tertiary alicyclic amines) is 1. The highest BCUT2D eigenvalue weighted by Crippen LogP contribution is 2.34. The molecule has 0 bridgehead atoms. The SMILES string of the molecule is C=CCN1CCC[C@@H](n2nc(C(=O)Nc3nc4cc(Cl)ccc4o3)c3c(N)ncc(Cl)c32)C1. The summed E-state index contributed by atoms with van der Waals surface area (Å²) in [4.78, 5) is 23.9. The molecule has 1 atom stereocenters. The molecule has 11 heteroatoms. The molecule has 0 saturated carbocycles. The lowest BCUT2D eigenvalue weighted by Gasteiger charge is -2.32. The van der Waals surface area contributed by atoms with Crippen LogP contribution < -0.4 is 11.1 Å². The fraction of sp³-hybridized carbons (Fsp3) is 0.273. The summed E-state index contributed by atoms with van der Waals surface area (Å²) in [5.74, 6) is -0.347. The Morgan fingerprint density at radius 2 is 2.24 bits per heavy atom. The Kier molecular flexibility index (Phi) is 5.69. The third-order valence-corrected chi connectivity index (χ3v) is 6.22. The van der Waals surface area contributed by atoms with Gasteiger partial charge in [0.1, 0.15) is 11.3 Å². The van der Waals surface area contributed by atoms with E-state index in [1.54, 1.807) is 22.9 Å². The molecule has 33 heavy (non-hydrogen) atoms. The molecule has 1 aliphatic heterocycles. The Morgan fingerprint density at radius 1 is 1.39 bits per heavy atom. The highest BCUT2D eigenvalue weighted by Gasteiger charge is 2.29. The van der Waals surface area contributed by atoms with Gasteiger partial charge in [-0.25, -0.2) is 4.98 Å². The van der Waals surface area contributed by atoms with Crippen LogP contribution in [0, 0.1) is 0 Å². The summed E-state index contributed by atoms with van der Waals surface area (Å²) >= 11 is 12.5. The second-order valence-corrected chi connectivity index (χ2v) is 8.78. The first-order valence-corrected chi connectivity index (χ1v) is 11.2. The van der Waals surface area contributed by atoms with Crippen LogP contribution in [0.5, 0.6) is 0 Å². The Bertz CT molecular complexity index is 1380. The third-order valence-electron chi connectivity index (χ3n) is 5.71. The fourth-order valence-electron chi connectivity index (χ4n) is 4.27. The molecule has 4 aromatic rings. The number of pyridine rings is 1. The van der Waals surface area contributed by atoms with Gasteiger partial charge in [-0.3, -0.25) is 19.7 Å². The topological polar surface area (TPSA) is 115 Å². The van der Waals surface area contributed by atoms with E-state index in [0.29, 0.717) is 32.0 Å². The van der Waals surface area contributed by atoms with Crippen LogP contribution in [0.1, 0.15) is 29.4 Å². The number of hydrogen-bond acceptors (Lipinski definition) is 7. The van der Waals surface area contributed by atoms with Crippen molar-refractivity contribution in [2.75, 3.05) is 30.7 Å². The first-order valence-electron chi connectivity index (χ1n) is 10.5. The number of fused-ring (bicyclic) bond motifs is 2. The average Bonchev–Trinajstić information content (AvgIpc) is 3.38. The van der Waals surface area contributed by atoms with E-state index in [4.69, 9.17) is 33.4 Å². The van der Waals surface area contributed by atoms with E-state index < -0.39 is 5.91 Å². The number of benzene rings is 1. The number of oxazole rings is 1. The zero-order chi connectivity index (χ0) is 23.1. The van der Waals surface area contributed by atoms with E-state index >= 15 is 0 Å². The van der Waals surface area contributed by atoms with Crippen molar-refractivity contribution in [3.63, 3.8) is 0 Å². The van der Waals surface area contributed by atoms with Crippen molar-refractivity contribution < 1.29 is 9.21 Å². The number of piperidine rings is 1. The first-order chi connectivity index (χ1) is 15.9. The molecule has 0 radical (unpaired) electrons. The van der Waals surface area contributed by atoms with Crippen molar-refractivity contribution in [3.05, 3.63) is 52.8 Å². The van der Waals surface area contributed by atoms with Crippen LogP contribution >= 0.6 is 23.2 Å². The number of anilines is 2. The summed E-state index contributed by atoms with van der Waals surface area (Å²) < 4.78 is 7.42. The molecule has 1 aliphatic rings. The van der Waals surface area contributed by atoms with Gasteiger partial charge < -0.3 is 10.2 Å². The van der Waals surface area contributed by atoms with Gasteiger partial charge >= 0.3 is 6.01 Å². The van der Waals surface area contributed by atoms with E-state index in [9.17, 15) is 4.79 Å². The van der Waals surface area contributed by atoms with Gasteiger partial charge in [-0.15, -0.1) is 6.58 Å². The van der Waals surface area contributed by atoms with Gasteiger partial charge in [0.25, 0.3) is 5.91 Å². The van der Waals surface area contributed by atoms with E-state index in [0.717, 1.165) is 32.5 Å². The molecule has 170 valence electrons. The van der Waals surface area contributed by atoms with Crippen molar-refractivity contribution in [1.82, 2.24) is 24.6 Å². The Morgan fingerprint density at radius 3 is 3.06 bits per heavy atom. The normalized spacial score (nSPS) is 17.0. The molecule has 5 rings (SSSR count). The summed E-state index contributed by atoms with van der Waals surface area (Å²) in [6.45, 7) is 6.35. The minimum Gasteiger partial charge on any atom is -0.423 e. The molecule has 1 aromatic carbocycles. The van der Waals surface area contributed by atoms with Crippen LogP contribution in [-0.4, -0.2) is 50.2 Å². The van der Waals surface area contributed by atoms with Gasteiger partial charge in [0.2, 0.25) is 0 Å². The predicted octanol–water partition coefficient (Wildman–Crippen LogP) is 4.54. The molecule has 0 unspecified atom stereocenters. The molecule has 0 spiro atoms. The van der Waals surface area contributed by atoms with Crippen LogP contribution in [0.15, 0.2) is 41.5 Å². The molecule has 4 heterocycles. The van der Waals surface area contributed by atoms with Crippen molar-refractivity contribution in [3.8, 4) is 0 Å². The maximum absolute atomic E-state index is 13.2. The Hall–Kier alpha value is -3.14. The number of amides is 1. The number of carbonyl (C=O) groups excluding carboxylic acids is 1. The average molecular weight is 486 g/mol. The highest BCUT2D eigenvalue weighted by molar-refractivity contribution is 6.36. The Balaban J connectivity index is 1.54. The first kappa shape index (κ1) is 21.7. The maximum atomic E-state index is 13.2. The molecule has 3 aromatic heterocycles. The quantitative estimate of drug-likeness (QED) is 0.398. The number of carbonyl (C=O) groups is 1. The van der Waals surface area contributed by atoms with Crippen molar-refractivity contribution >= 4 is 62.9 Å². The lowest BCUT2D eigenvalue weighted by Crippen LogP contribution is -2.37. The third kappa shape index (κ3) is 4.03. The smallest absolute Gasteiger partial charge is 0.302 e. The summed E-state index contributed by atoms with van der Waals surface area (Å²) in [5.41, 5.74) is 7.90. The molecule has 1 fully saturated rings. The van der Waals surface area contributed by atoms with Crippen molar-refractivity contribution in [1.29, 1.82) is 0 Å². The van der Waals surface area contributed by atoms with E-state index in [2.05, 4.69) is 31.9 Å². The molecular formula is C22H21Cl2N7O2. The van der Waals surface area contributed by atoms with Gasteiger partial charge in [-0.2, -0.15) is 10.1 Å². The zero-order valence-electron chi connectivity index (χ0n) is 17.6. The largest absolute Gasteiger partial charge is 0.423 e. The van der Waals surface area contributed by atoms with E-state index in [-0.39, 0.29) is 23.6 Å². The maximum Gasteiger partial charge on any atom is 0.302 e. The Labute approximate surface area is 199 Å². The highest BCUT2D eigenvalue weighted by atomic mass is 35.5. The number of rotatable bonds is 5. The van der Waals surface area contributed by atoms with E-state index in [1.807, 2.05) is 6.08 Å². The predicted molar refractivity (Wildman–Crippen MR) is 129 cm³/mol. The molecular weight excluding hydrogens is 465 g/mol. The monoisotopic (exact) mass is 485 g/mol. The van der Waals surface area contributed by atoms with Gasteiger partial charge in [0.05, 0.1) is 28.2 Å². The molecule has 1 saturated heterocycles. The van der Waals surface area contributed by atoms with Crippen LogP contribution in [0.2, 0.25) is 10.0 Å². The molecule has 0 aliphatic carbocycles. The second-order valence-electron chi connectivity index (χ2n) is 7.94. The number of nitrogens with zero attached hydrogens (tertiary/aromatic N) is 5. The van der Waals surface area contributed by atoms with Gasteiger partial charge in [0, 0.05) is 18.1 Å². The summed E-state index contributed by atoms with van der Waals surface area (Å²) in [7, 11) is 0. The van der Waals surface area contributed by atoms with Crippen LogP contribution in [-0.2, 0) is 0 Å². The van der Waals surface area contributed by atoms with Crippen LogP contribution in [0.4, 0.5) is 11.8 Å².